The zero-order valence-electron chi connectivity index (χ0n) is 17.8. The summed E-state index contributed by atoms with van der Waals surface area (Å²) in [4.78, 5) is 15.6. The number of pyridine rings is 1. The molecule has 2 aromatic carbocycles. The second kappa shape index (κ2) is 8.96. The number of aliphatic hydroxyl groups is 1. The lowest BCUT2D eigenvalue weighted by Gasteiger charge is -2.19. The van der Waals surface area contributed by atoms with Gasteiger partial charge in [0.05, 0.1) is 24.8 Å². The molecular weight excluding hydrogens is 413 g/mol. The van der Waals surface area contributed by atoms with E-state index in [1.54, 1.807) is 42.6 Å². The Hall–Kier alpha value is -3.45. The number of carboxylic acid groups (broad SMARTS) is 1. The van der Waals surface area contributed by atoms with Crippen molar-refractivity contribution >= 4 is 5.97 Å². The SMILES string of the molecule is COc1ccc(F)c(-c2cc3c(cn2)[C@H](Oc2cccc([C@H](O)[C@H](C)C(=O)O)c2)CC3)c1. The number of aliphatic hydroxyl groups excluding tert-OH is 1. The number of fused-ring (bicyclic) bond motifs is 1. The number of hydrogen-bond acceptors (Lipinski definition) is 5. The highest BCUT2D eigenvalue weighted by atomic mass is 19.1. The zero-order chi connectivity index (χ0) is 22.8. The van der Waals surface area contributed by atoms with E-state index in [2.05, 4.69) is 4.98 Å². The van der Waals surface area contributed by atoms with Gasteiger partial charge in [-0.1, -0.05) is 12.1 Å². The standard InChI is InChI=1S/C25H24FNO5/c1-14(25(29)30)24(28)16-4-3-5-18(10-16)32-23-9-6-15-11-22(27-13-20(15)23)19-12-17(31-2)7-8-21(19)26/h3-5,7-8,10-14,23-24,28H,6,9H2,1-2H3,(H,29,30)/t14-,23+,24+/m0/s1. The molecule has 0 fully saturated rings. The maximum absolute atomic E-state index is 14.3. The number of aromatic nitrogens is 1. The molecule has 4 rings (SSSR count). The van der Waals surface area contributed by atoms with Gasteiger partial charge in [0.15, 0.2) is 0 Å². The Morgan fingerprint density at radius 3 is 2.75 bits per heavy atom. The first-order valence-electron chi connectivity index (χ1n) is 10.4. The summed E-state index contributed by atoms with van der Waals surface area (Å²) in [5.74, 6) is -1.26. The van der Waals surface area contributed by atoms with Gasteiger partial charge in [-0.25, -0.2) is 4.39 Å². The summed E-state index contributed by atoms with van der Waals surface area (Å²) in [5.41, 5.74) is 3.37. The van der Waals surface area contributed by atoms with Crippen molar-refractivity contribution in [2.75, 3.05) is 7.11 Å². The van der Waals surface area contributed by atoms with Gasteiger partial charge in [-0.3, -0.25) is 9.78 Å². The number of methoxy groups -OCH3 is 1. The van der Waals surface area contributed by atoms with E-state index in [0.29, 0.717) is 28.3 Å². The Morgan fingerprint density at radius 2 is 2.00 bits per heavy atom. The van der Waals surface area contributed by atoms with Crippen molar-refractivity contribution in [3.63, 3.8) is 0 Å². The first kappa shape index (κ1) is 21.8. The molecule has 1 aliphatic rings. The van der Waals surface area contributed by atoms with Crippen LogP contribution in [0, 0.1) is 11.7 Å². The fraction of sp³-hybridized carbons (Fsp3) is 0.280. The summed E-state index contributed by atoms with van der Waals surface area (Å²) in [7, 11) is 1.53. The topological polar surface area (TPSA) is 88.9 Å². The molecule has 3 aromatic rings. The minimum absolute atomic E-state index is 0.231. The Bertz CT molecular complexity index is 1150. The van der Waals surface area contributed by atoms with Crippen LogP contribution >= 0.6 is 0 Å². The number of carboxylic acids is 1. The lowest BCUT2D eigenvalue weighted by Crippen LogP contribution is -2.18. The molecule has 1 heterocycles. The molecule has 0 bridgehead atoms. The molecule has 0 saturated carbocycles. The number of aryl methyl sites for hydroxylation is 1. The minimum Gasteiger partial charge on any atom is -0.497 e. The predicted molar refractivity (Wildman–Crippen MR) is 116 cm³/mol. The molecule has 2 N–H and O–H groups in total. The lowest BCUT2D eigenvalue weighted by molar-refractivity contribution is -0.145. The van der Waals surface area contributed by atoms with E-state index >= 15 is 0 Å². The number of nitrogens with zero attached hydrogens (tertiary/aromatic N) is 1. The van der Waals surface area contributed by atoms with Crippen molar-refractivity contribution in [1.82, 2.24) is 4.98 Å². The van der Waals surface area contributed by atoms with Crippen LogP contribution in [-0.2, 0) is 11.2 Å². The van der Waals surface area contributed by atoms with Crippen LogP contribution in [0.15, 0.2) is 54.7 Å². The normalized spacial score (nSPS) is 16.8. The van der Waals surface area contributed by atoms with E-state index in [-0.39, 0.29) is 11.9 Å². The molecule has 0 saturated heterocycles. The van der Waals surface area contributed by atoms with Crippen molar-refractivity contribution in [2.45, 2.75) is 32.0 Å². The summed E-state index contributed by atoms with van der Waals surface area (Å²) in [5, 5.41) is 19.5. The van der Waals surface area contributed by atoms with Gasteiger partial charge >= 0.3 is 5.97 Å². The molecule has 7 heteroatoms. The summed E-state index contributed by atoms with van der Waals surface area (Å²) >= 11 is 0. The monoisotopic (exact) mass is 437 g/mol. The van der Waals surface area contributed by atoms with E-state index in [1.807, 2.05) is 6.07 Å². The summed E-state index contributed by atoms with van der Waals surface area (Å²) in [6, 6.07) is 13.3. The lowest BCUT2D eigenvalue weighted by atomic mass is 9.97. The number of ether oxygens (including phenoxy) is 2. The van der Waals surface area contributed by atoms with Crippen LogP contribution in [0.1, 0.15) is 42.2 Å². The predicted octanol–water partition coefficient (Wildman–Crippen LogP) is 4.72. The molecule has 0 aliphatic heterocycles. The molecule has 6 nitrogen and oxygen atoms in total. The van der Waals surface area contributed by atoms with Crippen LogP contribution < -0.4 is 9.47 Å². The first-order valence-corrected chi connectivity index (χ1v) is 10.4. The quantitative estimate of drug-likeness (QED) is 0.556. The van der Waals surface area contributed by atoms with Crippen molar-refractivity contribution in [1.29, 1.82) is 0 Å². The van der Waals surface area contributed by atoms with Crippen molar-refractivity contribution in [3.05, 3.63) is 77.2 Å². The highest BCUT2D eigenvalue weighted by Gasteiger charge is 2.27. The van der Waals surface area contributed by atoms with Crippen molar-refractivity contribution < 1.29 is 28.9 Å². The number of carbonyl (C=O) groups is 1. The van der Waals surface area contributed by atoms with Crippen molar-refractivity contribution in [3.8, 4) is 22.8 Å². The zero-order valence-corrected chi connectivity index (χ0v) is 17.8. The van der Waals surface area contributed by atoms with Crippen LogP contribution in [0.3, 0.4) is 0 Å². The van der Waals surface area contributed by atoms with E-state index in [4.69, 9.17) is 14.6 Å². The molecule has 166 valence electrons. The van der Waals surface area contributed by atoms with E-state index in [1.165, 1.54) is 20.1 Å². The molecular formula is C25H24FNO5. The number of aliphatic carboxylic acids is 1. The third-order valence-corrected chi connectivity index (χ3v) is 5.84. The second-order valence-electron chi connectivity index (χ2n) is 7.90. The smallest absolute Gasteiger partial charge is 0.309 e. The molecule has 0 amide bonds. The molecule has 3 atom stereocenters. The van der Waals surface area contributed by atoms with Crippen LogP contribution in [-0.4, -0.2) is 28.3 Å². The summed E-state index contributed by atoms with van der Waals surface area (Å²) < 4.78 is 25.7. The van der Waals surface area contributed by atoms with Crippen molar-refractivity contribution in [2.24, 2.45) is 5.92 Å². The Kier molecular flexibility index (Phi) is 6.10. The number of halogens is 1. The van der Waals surface area contributed by atoms with Gasteiger partial charge in [-0.2, -0.15) is 0 Å². The van der Waals surface area contributed by atoms with Gasteiger partial charge in [0.25, 0.3) is 0 Å². The van der Waals surface area contributed by atoms with Crippen LogP contribution in [0.25, 0.3) is 11.3 Å². The molecule has 0 radical (unpaired) electrons. The highest BCUT2D eigenvalue weighted by Crippen LogP contribution is 2.37. The third kappa shape index (κ3) is 4.29. The maximum atomic E-state index is 14.3. The molecule has 0 spiro atoms. The van der Waals surface area contributed by atoms with Gasteiger partial charge in [-0.05, 0) is 67.3 Å². The van der Waals surface area contributed by atoms with Gasteiger partial charge in [0.2, 0.25) is 0 Å². The van der Waals surface area contributed by atoms with E-state index in [9.17, 15) is 14.3 Å². The van der Waals surface area contributed by atoms with Crippen LogP contribution in [0.5, 0.6) is 11.5 Å². The number of rotatable bonds is 7. The fourth-order valence-electron chi connectivity index (χ4n) is 3.91. The van der Waals surface area contributed by atoms with Crippen LogP contribution in [0.4, 0.5) is 4.39 Å². The van der Waals surface area contributed by atoms with Gasteiger partial charge < -0.3 is 19.7 Å². The first-order chi connectivity index (χ1) is 15.4. The Morgan fingerprint density at radius 1 is 1.19 bits per heavy atom. The number of benzene rings is 2. The number of hydrogen-bond donors (Lipinski definition) is 2. The molecule has 1 aliphatic carbocycles. The summed E-state index contributed by atoms with van der Waals surface area (Å²) in [6.07, 6.45) is 1.85. The van der Waals surface area contributed by atoms with E-state index < -0.39 is 18.0 Å². The molecule has 32 heavy (non-hydrogen) atoms. The van der Waals surface area contributed by atoms with Crippen LogP contribution in [0.2, 0.25) is 0 Å². The minimum atomic E-state index is -1.13. The Balaban J connectivity index is 1.55. The average molecular weight is 437 g/mol. The largest absolute Gasteiger partial charge is 0.497 e. The van der Waals surface area contributed by atoms with Gasteiger partial charge in [-0.15, -0.1) is 0 Å². The van der Waals surface area contributed by atoms with Gasteiger partial charge in [0.1, 0.15) is 23.4 Å². The molecule has 0 unspecified atom stereocenters. The van der Waals surface area contributed by atoms with E-state index in [0.717, 1.165) is 24.0 Å². The summed E-state index contributed by atoms with van der Waals surface area (Å²) in [6.45, 7) is 1.46. The fourth-order valence-corrected chi connectivity index (χ4v) is 3.91. The highest BCUT2D eigenvalue weighted by molar-refractivity contribution is 5.70. The Labute approximate surface area is 185 Å². The molecule has 1 aromatic heterocycles. The second-order valence-corrected chi connectivity index (χ2v) is 7.90. The maximum Gasteiger partial charge on any atom is 0.309 e. The third-order valence-electron chi connectivity index (χ3n) is 5.84. The average Bonchev–Trinajstić information content (AvgIpc) is 3.20. The van der Waals surface area contributed by atoms with Gasteiger partial charge in [0, 0.05) is 17.3 Å².